The molecule has 0 spiro atoms. The maximum atomic E-state index is 12.1. The van der Waals surface area contributed by atoms with Crippen LogP contribution < -0.4 is 0 Å². The molecule has 1 unspecified atom stereocenters. The number of nitrogens with zero attached hydrogens (tertiary/aromatic N) is 6. The Balaban J connectivity index is 0.000000139. The van der Waals surface area contributed by atoms with Crippen LogP contribution >= 0.6 is 0 Å². The highest BCUT2D eigenvalue weighted by Crippen LogP contribution is 2.38. The van der Waals surface area contributed by atoms with Crippen molar-refractivity contribution in [2.45, 2.75) is 89.6 Å². The predicted octanol–water partition coefficient (Wildman–Crippen LogP) is 4.96. The van der Waals surface area contributed by atoms with E-state index in [0.29, 0.717) is 49.7 Å². The van der Waals surface area contributed by atoms with Crippen molar-refractivity contribution in [3.63, 3.8) is 0 Å². The van der Waals surface area contributed by atoms with Crippen LogP contribution in [-0.2, 0) is 36.8 Å². The fourth-order valence-corrected chi connectivity index (χ4v) is 5.51. The number of aldehydes is 1. The number of ether oxygens (including phenoxy) is 1. The number of carbonyl (C=O) groups is 4. The number of benzene rings is 2. The first kappa shape index (κ1) is 30.7. The summed E-state index contributed by atoms with van der Waals surface area (Å²) in [5.74, 6) is 0.554. The Morgan fingerprint density at radius 1 is 0.822 bits per heavy atom. The van der Waals surface area contributed by atoms with Gasteiger partial charge in [0.2, 0.25) is 0 Å². The van der Waals surface area contributed by atoms with Crippen LogP contribution in [0.3, 0.4) is 0 Å². The second-order valence-corrected chi connectivity index (χ2v) is 12.6. The molecule has 11 heteroatoms. The summed E-state index contributed by atoms with van der Waals surface area (Å²) >= 11 is 0. The Hall–Kier alpha value is -4.28. The lowest BCUT2D eigenvalue weighted by Gasteiger charge is -2.09. The second kappa shape index (κ2) is 13.8. The van der Waals surface area contributed by atoms with Crippen LogP contribution in [0, 0.1) is 17.8 Å². The molecule has 4 saturated carbocycles. The van der Waals surface area contributed by atoms with Gasteiger partial charge in [0.1, 0.15) is 28.9 Å². The quantitative estimate of drug-likeness (QED) is 0.151. The minimum atomic E-state index is -0.500. The maximum Gasteiger partial charge on any atom is 0.293 e. The van der Waals surface area contributed by atoms with E-state index in [9.17, 15) is 19.2 Å². The standard InChI is InChI=1S/C16H17N3O2.C15H17N3O.C3H6O2/c20-9-12(16(21)11-2-3-11)7-10-1-6-14-15(8-10)19(18-17-14)13-4-5-13;19-15(11-3-4-11)8-2-10-1-7-13-14(9-10)18(17-16-13)12-5-6-12;1-2-5-3-4/h1,6,8-9,11-13H,2-5,7H2;1,7,9,11-12H,2-6,8H2;3H,2H2,1H3. The van der Waals surface area contributed by atoms with E-state index in [-0.39, 0.29) is 11.7 Å². The third-order valence-electron chi connectivity index (χ3n) is 8.75. The predicted molar refractivity (Wildman–Crippen MR) is 166 cm³/mol. The van der Waals surface area contributed by atoms with E-state index in [2.05, 4.69) is 37.5 Å². The molecule has 0 N–H and O–H groups in total. The summed E-state index contributed by atoms with van der Waals surface area (Å²) < 4.78 is 8.17. The molecule has 2 aromatic carbocycles. The minimum absolute atomic E-state index is 0.110. The van der Waals surface area contributed by atoms with Crippen LogP contribution in [0.15, 0.2) is 36.4 Å². The molecule has 0 saturated heterocycles. The third kappa shape index (κ3) is 7.87. The molecule has 0 bridgehead atoms. The van der Waals surface area contributed by atoms with E-state index < -0.39 is 5.92 Å². The smallest absolute Gasteiger partial charge is 0.293 e. The minimum Gasteiger partial charge on any atom is -0.468 e. The van der Waals surface area contributed by atoms with Crippen molar-refractivity contribution >= 4 is 46.4 Å². The molecule has 4 fully saturated rings. The van der Waals surface area contributed by atoms with Gasteiger partial charge in [-0.25, -0.2) is 9.36 Å². The third-order valence-corrected chi connectivity index (χ3v) is 8.75. The van der Waals surface area contributed by atoms with E-state index in [4.69, 9.17) is 0 Å². The van der Waals surface area contributed by atoms with Gasteiger partial charge in [-0.1, -0.05) is 22.6 Å². The molecule has 4 aliphatic carbocycles. The van der Waals surface area contributed by atoms with Crippen molar-refractivity contribution in [2.24, 2.45) is 17.8 Å². The van der Waals surface area contributed by atoms with Gasteiger partial charge in [0, 0.05) is 18.3 Å². The summed E-state index contributed by atoms with van der Waals surface area (Å²) in [5, 5.41) is 16.8. The average molecular weight is 613 g/mol. The van der Waals surface area contributed by atoms with Crippen LogP contribution in [-0.4, -0.2) is 60.9 Å². The van der Waals surface area contributed by atoms with Gasteiger partial charge in [0.25, 0.3) is 6.47 Å². The van der Waals surface area contributed by atoms with E-state index in [0.717, 1.165) is 78.9 Å². The van der Waals surface area contributed by atoms with E-state index in [1.807, 2.05) is 33.6 Å². The van der Waals surface area contributed by atoms with Gasteiger partial charge in [0.05, 0.1) is 35.6 Å². The number of aromatic nitrogens is 6. The fraction of sp³-hybridized carbons (Fsp3) is 0.529. The number of Topliss-reactive ketones (excluding diaryl/α,β-unsaturated/α-hetero) is 2. The molecule has 0 radical (unpaired) electrons. The highest BCUT2D eigenvalue weighted by Gasteiger charge is 2.35. The van der Waals surface area contributed by atoms with Gasteiger partial charge in [-0.2, -0.15) is 0 Å². The molecule has 0 amide bonds. The zero-order chi connectivity index (χ0) is 31.3. The fourth-order valence-electron chi connectivity index (χ4n) is 5.51. The summed E-state index contributed by atoms with van der Waals surface area (Å²) in [6.07, 6.45) is 11.7. The number of hydrogen-bond donors (Lipinski definition) is 0. The lowest BCUT2D eigenvalue weighted by Crippen LogP contribution is -2.20. The Bertz CT molecular complexity index is 1680. The number of hydrogen-bond acceptors (Lipinski definition) is 9. The first-order valence-corrected chi connectivity index (χ1v) is 16.2. The van der Waals surface area contributed by atoms with Crippen LogP contribution in [0.1, 0.15) is 87.9 Å². The van der Waals surface area contributed by atoms with Crippen molar-refractivity contribution < 1.29 is 23.9 Å². The summed E-state index contributed by atoms with van der Waals surface area (Å²) in [7, 11) is 0. The van der Waals surface area contributed by atoms with Gasteiger partial charge >= 0.3 is 0 Å². The number of rotatable bonds is 13. The van der Waals surface area contributed by atoms with Crippen LogP contribution in [0.25, 0.3) is 22.1 Å². The van der Waals surface area contributed by atoms with E-state index >= 15 is 0 Å². The molecule has 0 aliphatic heterocycles. The summed E-state index contributed by atoms with van der Waals surface area (Å²) in [4.78, 5) is 44.2. The topological polar surface area (TPSA) is 139 Å². The van der Waals surface area contributed by atoms with E-state index in [1.165, 1.54) is 18.4 Å². The van der Waals surface area contributed by atoms with Gasteiger partial charge in [-0.05, 0) is 107 Å². The number of carbonyl (C=O) groups excluding carboxylic acids is 4. The summed E-state index contributed by atoms with van der Waals surface area (Å²) in [6.45, 7) is 2.66. The molecular weight excluding hydrogens is 572 g/mol. The molecular formula is C34H40N6O5. The van der Waals surface area contributed by atoms with Crippen molar-refractivity contribution in [3.8, 4) is 0 Å². The lowest BCUT2D eigenvalue weighted by atomic mass is 9.94. The van der Waals surface area contributed by atoms with Crippen molar-refractivity contribution in [1.82, 2.24) is 30.0 Å². The van der Waals surface area contributed by atoms with Crippen molar-refractivity contribution in [1.29, 1.82) is 0 Å². The Morgan fingerprint density at radius 3 is 1.84 bits per heavy atom. The molecule has 45 heavy (non-hydrogen) atoms. The van der Waals surface area contributed by atoms with Crippen LogP contribution in [0.2, 0.25) is 0 Å². The summed E-state index contributed by atoms with van der Waals surface area (Å²) in [6, 6.07) is 13.2. The van der Waals surface area contributed by atoms with Crippen LogP contribution in [0.4, 0.5) is 0 Å². The first-order chi connectivity index (χ1) is 22.0. The first-order valence-electron chi connectivity index (χ1n) is 16.2. The molecule has 4 aliphatic rings. The molecule has 11 nitrogen and oxygen atoms in total. The van der Waals surface area contributed by atoms with Gasteiger partial charge < -0.3 is 9.53 Å². The Morgan fingerprint density at radius 2 is 1.38 bits per heavy atom. The van der Waals surface area contributed by atoms with E-state index in [1.54, 1.807) is 6.92 Å². The molecule has 2 heterocycles. The molecule has 1 atom stereocenters. The normalized spacial score (nSPS) is 17.9. The molecule has 8 rings (SSSR count). The number of ketones is 2. The highest BCUT2D eigenvalue weighted by molar-refractivity contribution is 5.96. The SMILES string of the molecule is CCOC=O.O=C(CCc1ccc2nnn(C3CC3)c2c1)C1CC1.O=CC(Cc1ccc2nnn(C3CC3)c2c1)C(=O)C1CC1. The number of aryl methyl sites for hydroxylation is 1. The van der Waals surface area contributed by atoms with Crippen LogP contribution in [0.5, 0.6) is 0 Å². The highest BCUT2D eigenvalue weighted by atomic mass is 16.5. The largest absolute Gasteiger partial charge is 0.468 e. The summed E-state index contributed by atoms with van der Waals surface area (Å²) in [5.41, 5.74) is 6.21. The Kier molecular flexibility index (Phi) is 9.42. The van der Waals surface area contributed by atoms with Gasteiger partial charge in [0.15, 0.2) is 0 Å². The molecule has 4 aromatic rings. The van der Waals surface area contributed by atoms with Gasteiger partial charge in [-0.3, -0.25) is 14.4 Å². The Labute approximate surface area is 261 Å². The van der Waals surface area contributed by atoms with Crippen molar-refractivity contribution in [3.05, 3.63) is 47.5 Å². The maximum absolute atomic E-state index is 12.1. The molecule has 236 valence electrons. The monoisotopic (exact) mass is 612 g/mol. The molecule has 2 aromatic heterocycles. The second-order valence-electron chi connectivity index (χ2n) is 12.6. The lowest BCUT2D eigenvalue weighted by molar-refractivity contribution is -0.129. The van der Waals surface area contributed by atoms with Crippen molar-refractivity contribution in [2.75, 3.05) is 6.61 Å². The average Bonchev–Trinajstić information content (AvgIpc) is 3.85. The number of fused-ring (bicyclic) bond motifs is 2. The zero-order valence-electron chi connectivity index (χ0n) is 25.7. The zero-order valence-corrected chi connectivity index (χ0v) is 25.7. The van der Waals surface area contributed by atoms with Gasteiger partial charge in [-0.15, -0.1) is 10.2 Å².